The molecule has 0 heterocycles. The molecule has 0 aliphatic rings. The number of carboxylic acids is 1. The lowest BCUT2D eigenvalue weighted by atomic mass is 9.98. The Balaban J connectivity index is 5.57. The molecule has 0 aromatic heterocycles. The number of aliphatic carboxylic acids is 1. The quantitative estimate of drug-likeness (QED) is 0.105. The number of carbonyl (C=O) groups is 5. The maximum atomic E-state index is 13.0. The van der Waals surface area contributed by atoms with Crippen LogP contribution in [0.2, 0.25) is 0 Å². The van der Waals surface area contributed by atoms with Crippen molar-refractivity contribution in [2.45, 2.75) is 83.0 Å². The van der Waals surface area contributed by atoms with Crippen LogP contribution in [0.3, 0.4) is 0 Å². The van der Waals surface area contributed by atoms with Crippen molar-refractivity contribution in [1.82, 2.24) is 16.0 Å². The lowest BCUT2D eigenvalue weighted by molar-refractivity contribution is -0.142. The Kier molecular flexibility index (Phi) is 16.7. The van der Waals surface area contributed by atoms with Crippen molar-refractivity contribution in [1.29, 1.82) is 0 Å². The summed E-state index contributed by atoms with van der Waals surface area (Å²) in [5.41, 5.74) is 16.7. The zero-order valence-corrected chi connectivity index (χ0v) is 21.7. The van der Waals surface area contributed by atoms with Gasteiger partial charge in [-0.05, 0) is 56.6 Å². The largest absolute Gasteiger partial charge is 0.480 e. The van der Waals surface area contributed by atoms with Crippen LogP contribution in [-0.2, 0) is 24.0 Å². The fraction of sp³-hybridized carbons (Fsp3) is 0.773. The summed E-state index contributed by atoms with van der Waals surface area (Å²) in [6.07, 6.45) is 3.76. The maximum absolute atomic E-state index is 13.0. The molecular weight excluding hydrogens is 476 g/mol. The number of unbranched alkanes of at least 4 members (excludes halogenated alkanes) is 1. The molecule has 0 radical (unpaired) electrons. The van der Waals surface area contributed by atoms with Crippen molar-refractivity contribution >= 4 is 41.4 Å². The van der Waals surface area contributed by atoms with Gasteiger partial charge in [0.2, 0.25) is 23.6 Å². The highest BCUT2D eigenvalue weighted by atomic mass is 32.2. The molecule has 0 rings (SSSR count). The minimum Gasteiger partial charge on any atom is -0.480 e. The summed E-state index contributed by atoms with van der Waals surface area (Å²) in [4.78, 5) is 61.3. The van der Waals surface area contributed by atoms with Crippen LogP contribution in [0.25, 0.3) is 0 Å². The van der Waals surface area contributed by atoms with E-state index < -0.39 is 53.8 Å². The molecular formula is C22H42N6O6S. The minimum absolute atomic E-state index is 0.0806. The van der Waals surface area contributed by atoms with E-state index in [2.05, 4.69) is 16.0 Å². The van der Waals surface area contributed by atoms with E-state index in [1.807, 2.05) is 13.2 Å². The van der Waals surface area contributed by atoms with E-state index in [-0.39, 0.29) is 31.6 Å². The van der Waals surface area contributed by atoms with Gasteiger partial charge in [-0.2, -0.15) is 11.8 Å². The summed E-state index contributed by atoms with van der Waals surface area (Å²) in [5.74, 6) is -3.35. The fourth-order valence-corrected chi connectivity index (χ4v) is 3.61. The standard InChI is InChI=1S/C22H42N6O6S/c1-4-13(2)18(25)21(32)27-15(8-9-17(24)29)20(31)26-14(7-5-6-11-23)19(30)28-16(22(33)34)10-12-35-3/h13-16,18H,4-12,23,25H2,1-3H3,(H2,24,29)(H,26,31)(H,27,32)(H,28,30)(H,33,34). The van der Waals surface area contributed by atoms with Gasteiger partial charge in [-0.15, -0.1) is 0 Å². The Labute approximate surface area is 211 Å². The van der Waals surface area contributed by atoms with Crippen LogP contribution in [0.15, 0.2) is 0 Å². The zero-order chi connectivity index (χ0) is 27.0. The first-order chi connectivity index (χ1) is 16.5. The second-order valence-corrected chi connectivity index (χ2v) is 9.49. The van der Waals surface area contributed by atoms with Gasteiger partial charge in [-0.3, -0.25) is 19.2 Å². The molecule has 202 valence electrons. The summed E-state index contributed by atoms with van der Waals surface area (Å²) in [6.45, 7) is 4.07. The molecule has 13 heteroatoms. The van der Waals surface area contributed by atoms with Crippen LogP contribution < -0.4 is 33.2 Å². The highest BCUT2D eigenvalue weighted by molar-refractivity contribution is 7.98. The Morgan fingerprint density at radius 1 is 0.886 bits per heavy atom. The van der Waals surface area contributed by atoms with Crippen molar-refractivity contribution in [3.8, 4) is 0 Å². The van der Waals surface area contributed by atoms with Crippen molar-refractivity contribution < 1.29 is 29.1 Å². The predicted molar refractivity (Wildman–Crippen MR) is 135 cm³/mol. The second kappa shape index (κ2) is 18.0. The smallest absolute Gasteiger partial charge is 0.326 e. The summed E-state index contributed by atoms with van der Waals surface area (Å²) in [6, 6.07) is -4.17. The van der Waals surface area contributed by atoms with Gasteiger partial charge < -0.3 is 38.3 Å². The first-order valence-electron chi connectivity index (χ1n) is 11.8. The summed E-state index contributed by atoms with van der Waals surface area (Å²) >= 11 is 1.45. The van der Waals surface area contributed by atoms with Crippen LogP contribution in [0, 0.1) is 5.92 Å². The van der Waals surface area contributed by atoms with E-state index in [9.17, 15) is 29.1 Å². The van der Waals surface area contributed by atoms with E-state index in [0.29, 0.717) is 31.6 Å². The number of nitrogens with one attached hydrogen (secondary N) is 3. The highest BCUT2D eigenvalue weighted by Crippen LogP contribution is 2.09. The van der Waals surface area contributed by atoms with Gasteiger partial charge in [0.25, 0.3) is 0 Å². The Hall–Kier alpha value is -2.38. The molecule has 10 N–H and O–H groups in total. The third kappa shape index (κ3) is 13.3. The lowest BCUT2D eigenvalue weighted by Gasteiger charge is -2.26. The number of primary amides is 1. The van der Waals surface area contributed by atoms with Crippen LogP contribution in [0.4, 0.5) is 0 Å². The lowest BCUT2D eigenvalue weighted by Crippen LogP contribution is -2.57. The van der Waals surface area contributed by atoms with Crippen LogP contribution in [0.1, 0.15) is 58.8 Å². The number of carboxylic acid groups (broad SMARTS) is 1. The van der Waals surface area contributed by atoms with Crippen molar-refractivity contribution in [3.63, 3.8) is 0 Å². The third-order valence-electron chi connectivity index (χ3n) is 5.68. The number of nitrogens with two attached hydrogens (primary N) is 3. The SMILES string of the molecule is CCC(C)C(N)C(=O)NC(CCC(N)=O)C(=O)NC(CCCCN)C(=O)NC(CCSC)C(=O)O. The number of hydrogen-bond donors (Lipinski definition) is 7. The van der Waals surface area contributed by atoms with Gasteiger partial charge in [0, 0.05) is 6.42 Å². The first kappa shape index (κ1) is 32.6. The van der Waals surface area contributed by atoms with Gasteiger partial charge >= 0.3 is 5.97 Å². The molecule has 4 amide bonds. The Morgan fingerprint density at radius 3 is 1.91 bits per heavy atom. The molecule has 5 atom stereocenters. The molecule has 35 heavy (non-hydrogen) atoms. The predicted octanol–water partition coefficient (Wildman–Crippen LogP) is -0.954. The number of carbonyl (C=O) groups excluding carboxylic acids is 4. The van der Waals surface area contributed by atoms with E-state index >= 15 is 0 Å². The average Bonchev–Trinajstić information content (AvgIpc) is 2.81. The van der Waals surface area contributed by atoms with Crippen LogP contribution in [-0.4, -0.2) is 77.4 Å². The topological polar surface area (TPSA) is 220 Å². The molecule has 0 spiro atoms. The summed E-state index contributed by atoms with van der Waals surface area (Å²) in [7, 11) is 0. The Morgan fingerprint density at radius 2 is 1.43 bits per heavy atom. The molecule has 0 aliphatic heterocycles. The second-order valence-electron chi connectivity index (χ2n) is 8.50. The summed E-state index contributed by atoms with van der Waals surface area (Å²) < 4.78 is 0. The van der Waals surface area contributed by atoms with Gasteiger partial charge in [-0.1, -0.05) is 20.3 Å². The molecule has 0 bridgehead atoms. The first-order valence-corrected chi connectivity index (χ1v) is 13.2. The molecule has 0 aromatic rings. The van der Waals surface area contributed by atoms with E-state index in [1.165, 1.54) is 11.8 Å². The van der Waals surface area contributed by atoms with E-state index in [0.717, 1.165) is 0 Å². The molecule has 0 fully saturated rings. The van der Waals surface area contributed by atoms with Gasteiger partial charge in [-0.25, -0.2) is 4.79 Å². The van der Waals surface area contributed by atoms with Crippen molar-refractivity contribution in [2.75, 3.05) is 18.6 Å². The van der Waals surface area contributed by atoms with Crippen molar-refractivity contribution in [2.24, 2.45) is 23.1 Å². The normalized spacial score (nSPS) is 15.2. The summed E-state index contributed by atoms with van der Waals surface area (Å²) in [5, 5.41) is 17.0. The highest BCUT2D eigenvalue weighted by Gasteiger charge is 2.31. The van der Waals surface area contributed by atoms with Crippen molar-refractivity contribution in [3.05, 3.63) is 0 Å². The molecule has 0 aliphatic carbocycles. The number of thioether (sulfide) groups is 1. The molecule has 0 aromatic carbocycles. The van der Waals surface area contributed by atoms with Gasteiger partial charge in [0.1, 0.15) is 18.1 Å². The third-order valence-corrected chi connectivity index (χ3v) is 6.32. The van der Waals surface area contributed by atoms with Gasteiger partial charge in [0.05, 0.1) is 6.04 Å². The van der Waals surface area contributed by atoms with Crippen LogP contribution in [0.5, 0.6) is 0 Å². The maximum Gasteiger partial charge on any atom is 0.326 e. The average molecular weight is 519 g/mol. The minimum atomic E-state index is -1.18. The number of rotatable bonds is 19. The van der Waals surface area contributed by atoms with E-state index in [1.54, 1.807) is 6.92 Å². The number of hydrogen-bond acceptors (Lipinski definition) is 8. The molecule has 12 nitrogen and oxygen atoms in total. The molecule has 0 saturated heterocycles. The molecule has 5 unspecified atom stereocenters. The Bertz CT molecular complexity index is 710. The number of amides is 4. The van der Waals surface area contributed by atoms with E-state index in [4.69, 9.17) is 17.2 Å². The van der Waals surface area contributed by atoms with Gasteiger partial charge in [0.15, 0.2) is 0 Å². The molecule has 0 saturated carbocycles. The fourth-order valence-electron chi connectivity index (χ4n) is 3.14. The monoisotopic (exact) mass is 518 g/mol. The zero-order valence-electron chi connectivity index (χ0n) is 20.9. The van der Waals surface area contributed by atoms with Crippen LogP contribution >= 0.6 is 11.8 Å².